The van der Waals surface area contributed by atoms with Gasteiger partial charge in [-0.1, -0.05) is 35.0 Å². The van der Waals surface area contributed by atoms with Gasteiger partial charge in [0.05, 0.1) is 15.8 Å². The van der Waals surface area contributed by atoms with Gasteiger partial charge >= 0.3 is 0 Å². The van der Waals surface area contributed by atoms with Crippen molar-refractivity contribution in [3.05, 3.63) is 34.1 Å². The van der Waals surface area contributed by atoms with Crippen LogP contribution in [0.2, 0.25) is 10.0 Å². The van der Waals surface area contributed by atoms with E-state index in [1.165, 1.54) is 24.0 Å². The molecule has 110 valence electrons. The molecular weight excluding hydrogens is 333 g/mol. The Labute approximate surface area is 135 Å². The van der Waals surface area contributed by atoms with Crippen LogP contribution in [0, 0.1) is 6.92 Å². The second-order valence-corrected chi connectivity index (χ2v) is 5.82. The van der Waals surface area contributed by atoms with E-state index in [4.69, 9.17) is 28.9 Å². The predicted octanol–water partition coefficient (Wildman–Crippen LogP) is 2.80. The lowest BCUT2D eigenvalue weighted by Crippen LogP contribution is -2.15. The van der Waals surface area contributed by atoms with E-state index in [0.29, 0.717) is 16.0 Å². The minimum Gasteiger partial charge on any atom is -0.384 e. The zero-order valence-electron chi connectivity index (χ0n) is 10.9. The Balaban J connectivity index is 1.95. The van der Waals surface area contributed by atoms with Gasteiger partial charge in [0, 0.05) is 18.0 Å². The Morgan fingerprint density at radius 1 is 1.38 bits per heavy atom. The highest BCUT2D eigenvalue weighted by molar-refractivity contribution is 7.99. The molecule has 0 aromatic carbocycles. The van der Waals surface area contributed by atoms with Crippen LogP contribution >= 0.6 is 35.0 Å². The summed E-state index contributed by atoms with van der Waals surface area (Å²) in [6.07, 6.45) is 1.40. The SMILES string of the molecule is Cc1cc(N)nc(SCC(=O)Nc2ncc(Cl)cc2Cl)n1. The first-order valence-electron chi connectivity index (χ1n) is 5.79. The fourth-order valence-electron chi connectivity index (χ4n) is 1.43. The van der Waals surface area contributed by atoms with Crippen molar-refractivity contribution in [3.8, 4) is 0 Å². The molecule has 2 aromatic rings. The molecule has 0 unspecified atom stereocenters. The maximum atomic E-state index is 11.8. The van der Waals surface area contributed by atoms with Crippen LogP contribution in [0.5, 0.6) is 0 Å². The van der Waals surface area contributed by atoms with Gasteiger partial charge in [-0.2, -0.15) is 0 Å². The molecule has 2 heterocycles. The monoisotopic (exact) mass is 343 g/mol. The van der Waals surface area contributed by atoms with E-state index in [1.54, 1.807) is 13.0 Å². The van der Waals surface area contributed by atoms with Crippen molar-refractivity contribution in [3.63, 3.8) is 0 Å². The standard InChI is InChI=1S/C12H11Cl2N5OS/c1-6-2-9(15)18-12(17-6)21-5-10(20)19-11-8(14)3-7(13)4-16-11/h2-4H,5H2,1H3,(H2,15,17,18)(H,16,19,20). The Morgan fingerprint density at radius 2 is 2.14 bits per heavy atom. The fraction of sp³-hybridized carbons (Fsp3) is 0.167. The summed E-state index contributed by atoms with van der Waals surface area (Å²) in [5.74, 6) is 0.466. The number of rotatable bonds is 4. The Bertz CT molecular complexity index is 662. The Kier molecular flexibility index (Phi) is 5.22. The molecule has 0 aliphatic rings. The van der Waals surface area contributed by atoms with Crippen molar-refractivity contribution in [2.24, 2.45) is 0 Å². The summed E-state index contributed by atoms with van der Waals surface area (Å²) in [4.78, 5) is 24.0. The lowest BCUT2D eigenvalue weighted by atomic mass is 10.4. The number of pyridine rings is 1. The lowest BCUT2D eigenvalue weighted by Gasteiger charge is -2.06. The van der Waals surface area contributed by atoms with Crippen LogP contribution in [-0.4, -0.2) is 26.6 Å². The molecule has 2 rings (SSSR count). The normalized spacial score (nSPS) is 10.4. The number of hydrogen-bond donors (Lipinski definition) is 2. The number of nitrogens with zero attached hydrogens (tertiary/aromatic N) is 3. The van der Waals surface area contributed by atoms with Crippen LogP contribution < -0.4 is 11.1 Å². The summed E-state index contributed by atoms with van der Waals surface area (Å²) in [6, 6.07) is 3.16. The number of aromatic nitrogens is 3. The largest absolute Gasteiger partial charge is 0.384 e. The second-order valence-electron chi connectivity index (χ2n) is 4.04. The molecule has 0 atom stereocenters. The van der Waals surface area contributed by atoms with Crippen LogP contribution in [0.1, 0.15) is 5.69 Å². The number of halogens is 2. The molecule has 1 amide bonds. The average Bonchev–Trinajstić information content (AvgIpc) is 2.39. The molecule has 0 saturated carbocycles. The summed E-state index contributed by atoms with van der Waals surface area (Å²) >= 11 is 12.8. The topological polar surface area (TPSA) is 93.8 Å². The molecule has 6 nitrogen and oxygen atoms in total. The maximum Gasteiger partial charge on any atom is 0.236 e. The second kappa shape index (κ2) is 6.93. The molecule has 0 radical (unpaired) electrons. The van der Waals surface area contributed by atoms with Gasteiger partial charge in [0.1, 0.15) is 5.82 Å². The first-order chi connectivity index (χ1) is 9.94. The number of carbonyl (C=O) groups is 1. The number of amides is 1. The van der Waals surface area contributed by atoms with E-state index in [0.717, 1.165) is 5.69 Å². The zero-order chi connectivity index (χ0) is 15.4. The van der Waals surface area contributed by atoms with Crippen LogP contribution in [0.3, 0.4) is 0 Å². The summed E-state index contributed by atoms with van der Waals surface area (Å²) in [7, 11) is 0. The summed E-state index contributed by atoms with van der Waals surface area (Å²) in [5.41, 5.74) is 6.36. The third kappa shape index (κ3) is 4.73. The molecule has 0 spiro atoms. The molecule has 9 heteroatoms. The third-order valence-electron chi connectivity index (χ3n) is 2.25. The number of anilines is 2. The van der Waals surface area contributed by atoms with Gasteiger partial charge in [-0.3, -0.25) is 4.79 Å². The Hall–Kier alpha value is -1.57. The van der Waals surface area contributed by atoms with Crippen LogP contribution in [-0.2, 0) is 4.79 Å². The van der Waals surface area contributed by atoms with E-state index < -0.39 is 0 Å². The maximum absolute atomic E-state index is 11.8. The average molecular weight is 344 g/mol. The number of carbonyl (C=O) groups excluding carboxylic acids is 1. The van der Waals surface area contributed by atoms with Gasteiger partial charge in [-0.15, -0.1) is 0 Å². The van der Waals surface area contributed by atoms with Crippen molar-refractivity contribution >= 4 is 52.5 Å². The quantitative estimate of drug-likeness (QED) is 0.654. The van der Waals surface area contributed by atoms with Gasteiger partial charge in [-0.05, 0) is 13.0 Å². The van der Waals surface area contributed by atoms with E-state index in [2.05, 4.69) is 20.3 Å². The van der Waals surface area contributed by atoms with Gasteiger partial charge in [0.25, 0.3) is 0 Å². The van der Waals surface area contributed by atoms with E-state index >= 15 is 0 Å². The van der Waals surface area contributed by atoms with Gasteiger partial charge < -0.3 is 11.1 Å². The first kappa shape index (κ1) is 15.8. The first-order valence-corrected chi connectivity index (χ1v) is 7.53. The zero-order valence-corrected chi connectivity index (χ0v) is 13.3. The summed E-state index contributed by atoms with van der Waals surface area (Å²) in [5, 5.41) is 3.71. The summed E-state index contributed by atoms with van der Waals surface area (Å²) in [6.45, 7) is 1.81. The number of hydrogen-bond acceptors (Lipinski definition) is 6. The van der Waals surface area contributed by atoms with Crippen molar-refractivity contribution in [2.45, 2.75) is 12.1 Å². The number of thioether (sulfide) groups is 1. The molecule has 0 fully saturated rings. The van der Waals surface area contributed by atoms with Gasteiger partial charge in [0.15, 0.2) is 11.0 Å². The number of nitrogen functional groups attached to an aromatic ring is 1. The molecule has 0 bridgehead atoms. The fourth-order valence-corrected chi connectivity index (χ4v) is 2.57. The van der Waals surface area contributed by atoms with Crippen molar-refractivity contribution < 1.29 is 4.79 Å². The van der Waals surface area contributed by atoms with E-state index in [-0.39, 0.29) is 22.5 Å². The van der Waals surface area contributed by atoms with Gasteiger partial charge in [0.2, 0.25) is 5.91 Å². The molecule has 0 aliphatic carbocycles. The predicted molar refractivity (Wildman–Crippen MR) is 84.8 cm³/mol. The highest BCUT2D eigenvalue weighted by atomic mass is 35.5. The number of aryl methyl sites for hydroxylation is 1. The lowest BCUT2D eigenvalue weighted by molar-refractivity contribution is -0.113. The summed E-state index contributed by atoms with van der Waals surface area (Å²) < 4.78 is 0. The van der Waals surface area contributed by atoms with Crippen molar-refractivity contribution in [1.82, 2.24) is 15.0 Å². The van der Waals surface area contributed by atoms with E-state index in [9.17, 15) is 4.79 Å². The van der Waals surface area contributed by atoms with Crippen molar-refractivity contribution in [1.29, 1.82) is 0 Å². The van der Waals surface area contributed by atoms with Crippen LogP contribution in [0.25, 0.3) is 0 Å². The molecule has 0 aliphatic heterocycles. The molecule has 2 aromatic heterocycles. The van der Waals surface area contributed by atoms with Gasteiger partial charge in [-0.25, -0.2) is 15.0 Å². The van der Waals surface area contributed by atoms with Crippen molar-refractivity contribution in [2.75, 3.05) is 16.8 Å². The van der Waals surface area contributed by atoms with E-state index in [1.807, 2.05) is 0 Å². The highest BCUT2D eigenvalue weighted by Gasteiger charge is 2.10. The minimum atomic E-state index is -0.277. The molecule has 0 saturated heterocycles. The molecular formula is C12H11Cl2N5OS. The number of nitrogens with two attached hydrogens (primary N) is 1. The highest BCUT2D eigenvalue weighted by Crippen LogP contribution is 2.23. The minimum absolute atomic E-state index is 0.115. The molecule has 21 heavy (non-hydrogen) atoms. The smallest absolute Gasteiger partial charge is 0.236 e. The molecule has 3 N–H and O–H groups in total. The van der Waals surface area contributed by atoms with Crippen LogP contribution in [0.15, 0.2) is 23.5 Å². The third-order valence-corrected chi connectivity index (χ3v) is 3.59. The van der Waals surface area contributed by atoms with Crippen LogP contribution in [0.4, 0.5) is 11.6 Å². The Morgan fingerprint density at radius 3 is 2.81 bits per heavy atom. The number of nitrogens with one attached hydrogen (secondary N) is 1.